The van der Waals surface area contributed by atoms with Gasteiger partial charge in [-0.3, -0.25) is 4.79 Å². The van der Waals surface area contributed by atoms with Crippen LogP contribution in [0.2, 0.25) is 0 Å². The number of hydrogen-bond acceptors (Lipinski definition) is 4. The van der Waals surface area contributed by atoms with E-state index in [1.807, 2.05) is 0 Å². The van der Waals surface area contributed by atoms with Gasteiger partial charge in [0.2, 0.25) is 0 Å². The fraction of sp³-hybridized carbons (Fsp3) is 0.200. The van der Waals surface area contributed by atoms with E-state index in [-0.39, 0.29) is 11.9 Å². The Labute approximate surface area is 80.8 Å². The second kappa shape index (κ2) is 3.49. The van der Waals surface area contributed by atoms with E-state index in [1.165, 1.54) is 0 Å². The van der Waals surface area contributed by atoms with Crippen LogP contribution in [0, 0.1) is 0 Å². The lowest BCUT2D eigenvalue weighted by molar-refractivity contribution is -0.102. The van der Waals surface area contributed by atoms with Crippen molar-refractivity contribution in [2.24, 2.45) is 5.16 Å². The molecule has 0 amide bonds. The molecule has 0 saturated carbocycles. The van der Waals surface area contributed by atoms with Crippen LogP contribution in [-0.2, 0) is 9.63 Å². The number of carbonyl (C=O) groups is 1. The Balaban J connectivity index is 2.12. The SMILES string of the molecule is O=CC1=NOC(c2ccc(O)cc2)C1. The van der Waals surface area contributed by atoms with E-state index >= 15 is 0 Å². The summed E-state index contributed by atoms with van der Waals surface area (Å²) in [7, 11) is 0. The Bertz CT molecular complexity index is 369. The van der Waals surface area contributed by atoms with Crippen LogP contribution in [0.15, 0.2) is 29.4 Å². The van der Waals surface area contributed by atoms with Crippen molar-refractivity contribution in [1.82, 2.24) is 0 Å². The van der Waals surface area contributed by atoms with Gasteiger partial charge in [-0.05, 0) is 17.7 Å². The van der Waals surface area contributed by atoms with E-state index < -0.39 is 0 Å². The summed E-state index contributed by atoms with van der Waals surface area (Å²) >= 11 is 0. The molecule has 4 heteroatoms. The fourth-order valence-electron chi connectivity index (χ4n) is 1.33. The lowest BCUT2D eigenvalue weighted by Gasteiger charge is -2.07. The summed E-state index contributed by atoms with van der Waals surface area (Å²) in [6.45, 7) is 0. The molecule has 0 saturated heterocycles. The first-order valence-electron chi connectivity index (χ1n) is 4.26. The monoisotopic (exact) mass is 191 g/mol. The predicted octanol–water partition coefficient (Wildman–Crippen LogP) is 1.41. The largest absolute Gasteiger partial charge is 0.508 e. The van der Waals surface area contributed by atoms with Gasteiger partial charge in [-0.25, -0.2) is 0 Å². The number of nitrogens with zero attached hydrogens (tertiary/aromatic N) is 1. The number of phenolic OH excluding ortho intramolecular Hbond substituents is 1. The molecule has 1 heterocycles. The number of hydrogen-bond donors (Lipinski definition) is 1. The molecule has 4 nitrogen and oxygen atoms in total. The third kappa shape index (κ3) is 1.59. The number of phenols is 1. The van der Waals surface area contributed by atoms with Crippen LogP contribution in [0.5, 0.6) is 5.75 Å². The van der Waals surface area contributed by atoms with Gasteiger partial charge >= 0.3 is 0 Å². The number of rotatable bonds is 2. The zero-order valence-corrected chi connectivity index (χ0v) is 7.38. The quantitative estimate of drug-likeness (QED) is 0.719. The molecule has 1 N–H and O–H groups in total. The molecule has 1 atom stereocenters. The van der Waals surface area contributed by atoms with E-state index in [4.69, 9.17) is 9.94 Å². The lowest BCUT2D eigenvalue weighted by atomic mass is 10.1. The highest BCUT2D eigenvalue weighted by molar-refractivity contribution is 6.28. The molecule has 2 rings (SSSR count). The Hall–Kier alpha value is -1.84. The summed E-state index contributed by atoms with van der Waals surface area (Å²) in [5.41, 5.74) is 1.33. The topological polar surface area (TPSA) is 58.9 Å². The van der Waals surface area contributed by atoms with Gasteiger partial charge in [0.1, 0.15) is 11.5 Å². The summed E-state index contributed by atoms with van der Waals surface area (Å²) in [6, 6.07) is 6.67. The molecular weight excluding hydrogens is 182 g/mol. The van der Waals surface area contributed by atoms with E-state index in [9.17, 15) is 4.79 Å². The van der Waals surface area contributed by atoms with Gasteiger partial charge in [0.15, 0.2) is 12.4 Å². The van der Waals surface area contributed by atoms with Crippen LogP contribution in [0.1, 0.15) is 18.1 Å². The Morgan fingerprint density at radius 2 is 2.14 bits per heavy atom. The van der Waals surface area contributed by atoms with Gasteiger partial charge in [0.25, 0.3) is 0 Å². The Morgan fingerprint density at radius 1 is 1.43 bits per heavy atom. The van der Waals surface area contributed by atoms with Crippen molar-refractivity contribution in [3.05, 3.63) is 29.8 Å². The van der Waals surface area contributed by atoms with Crippen LogP contribution in [-0.4, -0.2) is 17.1 Å². The standard InChI is InChI=1S/C10H9NO3/c12-6-8-5-10(14-11-8)7-1-3-9(13)4-2-7/h1-4,6,10,13H,5H2. The molecular formula is C10H9NO3. The van der Waals surface area contributed by atoms with Crippen molar-refractivity contribution < 1.29 is 14.7 Å². The predicted molar refractivity (Wildman–Crippen MR) is 50.0 cm³/mol. The van der Waals surface area contributed by atoms with Crippen LogP contribution < -0.4 is 0 Å². The number of carbonyl (C=O) groups excluding carboxylic acids is 1. The van der Waals surface area contributed by atoms with Crippen molar-refractivity contribution in [3.8, 4) is 5.75 Å². The first kappa shape index (κ1) is 8.74. The number of aromatic hydroxyl groups is 1. The maximum atomic E-state index is 10.4. The minimum absolute atomic E-state index is 0.198. The molecule has 1 aromatic carbocycles. The smallest absolute Gasteiger partial charge is 0.167 e. The average molecular weight is 191 g/mol. The van der Waals surface area contributed by atoms with E-state index in [0.717, 1.165) is 5.56 Å². The normalized spacial score (nSPS) is 20.0. The van der Waals surface area contributed by atoms with Gasteiger partial charge < -0.3 is 9.94 Å². The third-order valence-electron chi connectivity index (χ3n) is 2.09. The van der Waals surface area contributed by atoms with Crippen molar-refractivity contribution in [2.45, 2.75) is 12.5 Å². The molecule has 0 radical (unpaired) electrons. The molecule has 1 aliphatic heterocycles. The second-order valence-corrected chi connectivity index (χ2v) is 3.09. The number of aldehydes is 1. The van der Waals surface area contributed by atoms with E-state index in [1.54, 1.807) is 24.3 Å². The van der Waals surface area contributed by atoms with Gasteiger partial charge in [0.05, 0.1) is 0 Å². The molecule has 72 valence electrons. The maximum Gasteiger partial charge on any atom is 0.167 e. The molecule has 0 aliphatic carbocycles. The Kier molecular flexibility index (Phi) is 2.18. The highest BCUT2D eigenvalue weighted by Crippen LogP contribution is 2.27. The fourth-order valence-corrected chi connectivity index (χ4v) is 1.33. The maximum absolute atomic E-state index is 10.4. The molecule has 1 unspecified atom stereocenters. The van der Waals surface area contributed by atoms with Gasteiger partial charge in [-0.15, -0.1) is 0 Å². The van der Waals surface area contributed by atoms with Crippen LogP contribution >= 0.6 is 0 Å². The van der Waals surface area contributed by atoms with E-state index in [2.05, 4.69) is 5.16 Å². The summed E-state index contributed by atoms with van der Waals surface area (Å²) in [6.07, 6.45) is 0.991. The zero-order valence-electron chi connectivity index (χ0n) is 7.38. The number of oxime groups is 1. The van der Waals surface area contributed by atoms with Gasteiger partial charge in [-0.2, -0.15) is 0 Å². The summed E-state index contributed by atoms with van der Waals surface area (Å²) in [5, 5.41) is 12.7. The van der Waals surface area contributed by atoms with Crippen LogP contribution in [0.3, 0.4) is 0 Å². The Morgan fingerprint density at radius 3 is 2.71 bits per heavy atom. The van der Waals surface area contributed by atoms with E-state index in [0.29, 0.717) is 18.4 Å². The minimum atomic E-state index is -0.198. The van der Waals surface area contributed by atoms with Crippen molar-refractivity contribution in [3.63, 3.8) is 0 Å². The summed E-state index contributed by atoms with van der Waals surface area (Å²) in [5.74, 6) is 0.211. The second-order valence-electron chi connectivity index (χ2n) is 3.09. The first-order valence-corrected chi connectivity index (χ1v) is 4.26. The lowest BCUT2D eigenvalue weighted by Crippen LogP contribution is -2.00. The zero-order chi connectivity index (χ0) is 9.97. The molecule has 0 bridgehead atoms. The molecule has 0 spiro atoms. The highest BCUT2D eigenvalue weighted by Gasteiger charge is 2.21. The average Bonchev–Trinajstić information content (AvgIpc) is 2.67. The van der Waals surface area contributed by atoms with Crippen LogP contribution in [0.4, 0.5) is 0 Å². The summed E-state index contributed by atoms with van der Waals surface area (Å²) < 4.78 is 0. The molecule has 1 aromatic rings. The highest BCUT2D eigenvalue weighted by atomic mass is 16.6. The van der Waals surface area contributed by atoms with Gasteiger partial charge in [0, 0.05) is 6.42 Å². The molecule has 1 aliphatic rings. The van der Waals surface area contributed by atoms with Crippen molar-refractivity contribution >= 4 is 12.0 Å². The number of benzene rings is 1. The minimum Gasteiger partial charge on any atom is -0.508 e. The molecule has 14 heavy (non-hydrogen) atoms. The molecule has 0 aromatic heterocycles. The van der Waals surface area contributed by atoms with Crippen molar-refractivity contribution in [1.29, 1.82) is 0 Å². The van der Waals surface area contributed by atoms with Gasteiger partial charge in [-0.1, -0.05) is 17.3 Å². The van der Waals surface area contributed by atoms with Crippen molar-refractivity contribution in [2.75, 3.05) is 0 Å². The van der Waals surface area contributed by atoms with Crippen LogP contribution in [0.25, 0.3) is 0 Å². The molecule has 0 fully saturated rings. The third-order valence-corrected chi connectivity index (χ3v) is 2.09. The summed E-state index contributed by atoms with van der Waals surface area (Å²) in [4.78, 5) is 15.4. The first-order chi connectivity index (χ1) is 6.79.